The maximum absolute atomic E-state index is 12.4. The summed E-state index contributed by atoms with van der Waals surface area (Å²) < 4.78 is 16.3. The van der Waals surface area contributed by atoms with E-state index in [1.54, 1.807) is 32.2 Å². The molecule has 1 aliphatic heterocycles. The number of rotatable bonds is 5. The minimum absolute atomic E-state index is 0.155. The Hall–Kier alpha value is -2.89. The molecule has 0 bridgehead atoms. The van der Waals surface area contributed by atoms with E-state index in [1.165, 1.54) is 0 Å². The van der Waals surface area contributed by atoms with Crippen molar-refractivity contribution in [3.05, 3.63) is 42.5 Å². The molecule has 0 aliphatic carbocycles. The number of anilines is 2. The Morgan fingerprint density at radius 2 is 1.88 bits per heavy atom. The Morgan fingerprint density at radius 3 is 2.67 bits per heavy atom. The fourth-order valence-electron chi connectivity index (χ4n) is 2.43. The SMILES string of the molecule is COc1ccccc1NC(C)C(=O)Nc1ccc2c(c1)OCCO2. The van der Waals surface area contributed by atoms with Crippen LogP contribution in [0.1, 0.15) is 6.92 Å². The number of fused-ring (bicyclic) bond motifs is 1. The third kappa shape index (κ3) is 3.53. The molecule has 0 aromatic heterocycles. The Balaban J connectivity index is 1.66. The first kappa shape index (κ1) is 16.0. The van der Waals surface area contributed by atoms with Crippen molar-refractivity contribution in [2.24, 2.45) is 0 Å². The molecule has 3 rings (SSSR count). The normalized spacial score (nSPS) is 13.8. The summed E-state index contributed by atoms with van der Waals surface area (Å²) in [6.07, 6.45) is 0. The van der Waals surface area contributed by atoms with E-state index in [0.29, 0.717) is 36.1 Å². The van der Waals surface area contributed by atoms with Crippen molar-refractivity contribution in [1.29, 1.82) is 0 Å². The van der Waals surface area contributed by atoms with Gasteiger partial charge in [0.25, 0.3) is 0 Å². The van der Waals surface area contributed by atoms with Gasteiger partial charge in [-0.2, -0.15) is 0 Å². The van der Waals surface area contributed by atoms with Crippen LogP contribution in [0, 0.1) is 0 Å². The molecular formula is C18H20N2O4. The fourth-order valence-corrected chi connectivity index (χ4v) is 2.43. The summed E-state index contributed by atoms with van der Waals surface area (Å²) in [6.45, 7) is 2.84. The van der Waals surface area contributed by atoms with Gasteiger partial charge in [-0.15, -0.1) is 0 Å². The zero-order chi connectivity index (χ0) is 16.9. The standard InChI is InChI=1S/C18H20N2O4/c1-12(19-14-5-3-4-6-15(14)22-2)18(21)20-13-7-8-16-17(11-13)24-10-9-23-16/h3-8,11-12,19H,9-10H2,1-2H3,(H,20,21). The van der Waals surface area contributed by atoms with Gasteiger partial charge in [0.2, 0.25) is 5.91 Å². The third-order valence-electron chi connectivity index (χ3n) is 3.68. The van der Waals surface area contributed by atoms with Crippen LogP contribution in [0.5, 0.6) is 17.2 Å². The van der Waals surface area contributed by atoms with Crippen molar-refractivity contribution in [1.82, 2.24) is 0 Å². The second kappa shape index (κ2) is 7.12. The summed E-state index contributed by atoms with van der Waals surface area (Å²) in [7, 11) is 1.60. The molecule has 0 saturated heterocycles. The Morgan fingerprint density at radius 1 is 1.12 bits per heavy atom. The van der Waals surface area contributed by atoms with Crippen LogP contribution in [-0.4, -0.2) is 32.3 Å². The molecule has 126 valence electrons. The fraction of sp³-hybridized carbons (Fsp3) is 0.278. The van der Waals surface area contributed by atoms with Crippen molar-refractivity contribution < 1.29 is 19.0 Å². The molecule has 2 aromatic rings. The van der Waals surface area contributed by atoms with Crippen molar-refractivity contribution in [2.45, 2.75) is 13.0 Å². The van der Waals surface area contributed by atoms with Crippen molar-refractivity contribution in [3.63, 3.8) is 0 Å². The molecule has 24 heavy (non-hydrogen) atoms. The van der Waals surface area contributed by atoms with Crippen molar-refractivity contribution in [3.8, 4) is 17.2 Å². The van der Waals surface area contributed by atoms with Gasteiger partial charge < -0.3 is 24.8 Å². The number of hydrogen-bond donors (Lipinski definition) is 2. The van der Waals surface area contributed by atoms with E-state index in [0.717, 1.165) is 5.69 Å². The van der Waals surface area contributed by atoms with E-state index in [1.807, 2.05) is 24.3 Å². The summed E-state index contributed by atoms with van der Waals surface area (Å²) in [5, 5.41) is 6.02. The second-order valence-corrected chi connectivity index (χ2v) is 5.41. The minimum atomic E-state index is -0.436. The average Bonchev–Trinajstić information content (AvgIpc) is 2.62. The highest BCUT2D eigenvalue weighted by Crippen LogP contribution is 2.32. The van der Waals surface area contributed by atoms with E-state index >= 15 is 0 Å². The molecule has 0 radical (unpaired) electrons. The number of benzene rings is 2. The van der Waals surface area contributed by atoms with Gasteiger partial charge in [0.05, 0.1) is 12.8 Å². The lowest BCUT2D eigenvalue weighted by atomic mass is 10.2. The summed E-state index contributed by atoms with van der Waals surface area (Å²) in [4.78, 5) is 12.4. The number of carbonyl (C=O) groups excluding carboxylic acids is 1. The van der Waals surface area contributed by atoms with Gasteiger partial charge in [-0.3, -0.25) is 4.79 Å². The number of hydrogen-bond acceptors (Lipinski definition) is 5. The molecule has 0 saturated carbocycles. The van der Waals surface area contributed by atoms with Crippen molar-refractivity contribution in [2.75, 3.05) is 31.0 Å². The van der Waals surface area contributed by atoms with E-state index in [2.05, 4.69) is 10.6 Å². The van der Waals surface area contributed by atoms with Gasteiger partial charge >= 0.3 is 0 Å². The monoisotopic (exact) mass is 328 g/mol. The molecule has 1 unspecified atom stereocenters. The third-order valence-corrected chi connectivity index (χ3v) is 3.68. The molecule has 1 heterocycles. The second-order valence-electron chi connectivity index (χ2n) is 5.41. The Labute approximate surface area is 140 Å². The first-order valence-electron chi connectivity index (χ1n) is 7.77. The summed E-state index contributed by atoms with van der Waals surface area (Å²) in [6, 6.07) is 12.4. The number of nitrogens with one attached hydrogen (secondary N) is 2. The topological polar surface area (TPSA) is 68.8 Å². The van der Waals surface area contributed by atoms with Gasteiger partial charge in [0.15, 0.2) is 11.5 Å². The van der Waals surface area contributed by atoms with Gasteiger partial charge in [-0.1, -0.05) is 12.1 Å². The number of ether oxygens (including phenoxy) is 3. The molecular weight excluding hydrogens is 308 g/mol. The van der Waals surface area contributed by atoms with Crippen LogP contribution in [0.25, 0.3) is 0 Å². The predicted molar refractivity (Wildman–Crippen MR) is 92.1 cm³/mol. The molecule has 1 amide bonds. The Kier molecular flexibility index (Phi) is 4.74. The van der Waals surface area contributed by atoms with E-state index < -0.39 is 6.04 Å². The molecule has 1 atom stereocenters. The van der Waals surface area contributed by atoms with Crippen LogP contribution in [0.3, 0.4) is 0 Å². The van der Waals surface area contributed by atoms with Gasteiger partial charge in [-0.05, 0) is 31.2 Å². The molecule has 6 heteroatoms. The van der Waals surface area contributed by atoms with E-state index in [9.17, 15) is 4.79 Å². The first-order chi connectivity index (χ1) is 11.7. The number of para-hydroxylation sites is 2. The Bertz CT molecular complexity index is 733. The lowest BCUT2D eigenvalue weighted by Crippen LogP contribution is -2.32. The van der Waals surface area contributed by atoms with Crippen LogP contribution < -0.4 is 24.8 Å². The predicted octanol–water partition coefficient (Wildman–Crippen LogP) is 2.91. The highest BCUT2D eigenvalue weighted by Gasteiger charge is 2.17. The maximum Gasteiger partial charge on any atom is 0.246 e. The molecule has 0 fully saturated rings. The number of amides is 1. The molecule has 6 nitrogen and oxygen atoms in total. The highest BCUT2D eigenvalue weighted by atomic mass is 16.6. The number of methoxy groups -OCH3 is 1. The smallest absolute Gasteiger partial charge is 0.246 e. The van der Waals surface area contributed by atoms with Gasteiger partial charge in [-0.25, -0.2) is 0 Å². The van der Waals surface area contributed by atoms with Gasteiger partial charge in [0.1, 0.15) is 25.0 Å². The molecule has 2 aromatic carbocycles. The zero-order valence-electron chi connectivity index (χ0n) is 13.7. The lowest BCUT2D eigenvalue weighted by Gasteiger charge is -2.20. The quantitative estimate of drug-likeness (QED) is 0.883. The molecule has 1 aliphatic rings. The van der Waals surface area contributed by atoms with Crippen molar-refractivity contribution >= 4 is 17.3 Å². The largest absolute Gasteiger partial charge is 0.495 e. The van der Waals surface area contributed by atoms with Crippen LogP contribution in [-0.2, 0) is 4.79 Å². The average molecular weight is 328 g/mol. The maximum atomic E-state index is 12.4. The highest BCUT2D eigenvalue weighted by molar-refractivity contribution is 5.96. The van der Waals surface area contributed by atoms with Gasteiger partial charge in [0, 0.05) is 11.8 Å². The van der Waals surface area contributed by atoms with Crippen LogP contribution in [0.4, 0.5) is 11.4 Å². The van der Waals surface area contributed by atoms with Crippen LogP contribution >= 0.6 is 0 Å². The minimum Gasteiger partial charge on any atom is -0.495 e. The lowest BCUT2D eigenvalue weighted by molar-refractivity contribution is -0.116. The summed E-state index contributed by atoms with van der Waals surface area (Å²) >= 11 is 0. The zero-order valence-corrected chi connectivity index (χ0v) is 13.7. The molecule has 2 N–H and O–H groups in total. The summed E-state index contributed by atoms with van der Waals surface area (Å²) in [5.41, 5.74) is 1.43. The van der Waals surface area contributed by atoms with E-state index in [-0.39, 0.29) is 5.91 Å². The first-order valence-corrected chi connectivity index (χ1v) is 7.77. The van der Waals surface area contributed by atoms with Crippen LogP contribution in [0.2, 0.25) is 0 Å². The van der Waals surface area contributed by atoms with E-state index in [4.69, 9.17) is 14.2 Å². The summed E-state index contributed by atoms with van der Waals surface area (Å²) in [5.74, 6) is 1.87. The van der Waals surface area contributed by atoms with Crippen LogP contribution in [0.15, 0.2) is 42.5 Å². The molecule has 0 spiro atoms. The number of carbonyl (C=O) groups is 1.